The van der Waals surface area contributed by atoms with Crippen LogP contribution in [0.25, 0.3) is 0 Å². The molecule has 1 aliphatic rings. The molecule has 0 aliphatic carbocycles. The second kappa shape index (κ2) is 9.58. The summed E-state index contributed by atoms with van der Waals surface area (Å²) in [6.07, 6.45) is 0. The minimum Gasteiger partial charge on any atom is -0.497 e. The van der Waals surface area contributed by atoms with E-state index in [1.54, 1.807) is 48.5 Å². The van der Waals surface area contributed by atoms with E-state index in [9.17, 15) is 19.2 Å². The normalized spacial score (nSPS) is 12.4. The molecule has 0 spiro atoms. The summed E-state index contributed by atoms with van der Waals surface area (Å²) >= 11 is 0. The first kappa shape index (κ1) is 22.7. The van der Waals surface area contributed by atoms with Gasteiger partial charge in [-0.3, -0.25) is 14.4 Å². The second-order valence-corrected chi connectivity index (χ2v) is 7.36. The Morgan fingerprint density at radius 1 is 0.824 bits per heavy atom. The molecule has 0 bridgehead atoms. The summed E-state index contributed by atoms with van der Waals surface area (Å²) in [5.74, 6) is -1.09. The summed E-state index contributed by atoms with van der Waals surface area (Å²) in [6.45, 7) is 1.88. The molecule has 8 nitrogen and oxygen atoms in total. The molecule has 34 heavy (non-hydrogen) atoms. The quantitative estimate of drug-likeness (QED) is 0.286. The van der Waals surface area contributed by atoms with Gasteiger partial charge in [0.1, 0.15) is 11.5 Å². The Morgan fingerprint density at radius 3 is 2.26 bits per heavy atom. The van der Waals surface area contributed by atoms with Gasteiger partial charge in [0, 0.05) is 5.56 Å². The molecule has 0 saturated heterocycles. The van der Waals surface area contributed by atoms with E-state index in [4.69, 9.17) is 14.2 Å². The lowest BCUT2D eigenvalue weighted by atomic mass is 10.1. The molecule has 4 rings (SSSR count). The molecule has 0 unspecified atom stereocenters. The Labute approximate surface area is 195 Å². The van der Waals surface area contributed by atoms with Crippen molar-refractivity contribution in [1.82, 2.24) is 0 Å². The van der Waals surface area contributed by atoms with Crippen molar-refractivity contribution in [2.45, 2.75) is 6.92 Å². The molecule has 0 aromatic heterocycles. The number of hydrogen-bond acceptors (Lipinski definition) is 7. The number of rotatable bonds is 8. The third-order valence-corrected chi connectivity index (χ3v) is 5.25. The second-order valence-electron chi connectivity index (χ2n) is 7.36. The minimum absolute atomic E-state index is 0.0619. The van der Waals surface area contributed by atoms with E-state index < -0.39 is 30.2 Å². The summed E-state index contributed by atoms with van der Waals surface area (Å²) in [6, 6.07) is 17.2. The fourth-order valence-electron chi connectivity index (χ4n) is 3.55. The number of fused-ring (bicyclic) bond motifs is 1. The molecule has 1 heterocycles. The lowest BCUT2D eigenvalue weighted by Crippen LogP contribution is -2.29. The number of hydrogen-bond donors (Lipinski definition) is 0. The largest absolute Gasteiger partial charge is 0.497 e. The number of ether oxygens (including phenoxy) is 3. The number of nitrogens with zero attached hydrogens (tertiary/aromatic N) is 1. The predicted molar refractivity (Wildman–Crippen MR) is 123 cm³/mol. The van der Waals surface area contributed by atoms with Crippen molar-refractivity contribution in [2.24, 2.45) is 0 Å². The highest BCUT2D eigenvalue weighted by molar-refractivity contribution is 6.34. The number of amides is 2. The molecule has 0 fully saturated rings. The highest BCUT2D eigenvalue weighted by Gasteiger charge is 2.37. The van der Waals surface area contributed by atoms with Gasteiger partial charge in [0.25, 0.3) is 11.8 Å². The Balaban J connectivity index is 1.48. The maximum atomic E-state index is 13.0. The van der Waals surface area contributed by atoms with Gasteiger partial charge < -0.3 is 14.2 Å². The molecule has 0 radical (unpaired) electrons. The number of Topliss-reactive ketones (excluding diaryl/α,β-unsaturated/α-hetero) is 1. The third kappa shape index (κ3) is 4.38. The number of carbonyl (C=O) groups excluding carboxylic acids is 4. The molecular formula is C26H21NO7. The Hall–Kier alpha value is -4.46. The van der Waals surface area contributed by atoms with Crippen LogP contribution in [0.5, 0.6) is 11.5 Å². The minimum atomic E-state index is -0.779. The molecular weight excluding hydrogens is 438 g/mol. The fraction of sp³-hybridized carbons (Fsp3) is 0.154. The smallest absolute Gasteiger partial charge is 0.338 e. The summed E-state index contributed by atoms with van der Waals surface area (Å²) in [7, 11) is 1.49. The molecule has 172 valence electrons. The number of methoxy groups -OCH3 is 1. The van der Waals surface area contributed by atoms with Crippen LogP contribution in [0.2, 0.25) is 0 Å². The highest BCUT2D eigenvalue weighted by Crippen LogP contribution is 2.30. The average Bonchev–Trinajstić information content (AvgIpc) is 3.12. The van der Waals surface area contributed by atoms with Gasteiger partial charge in [-0.2, -0.15) is 0 Å². The molecule has 0 N–H and O–H groups in total. The lowest BCUT2D eigenvalue weighted by Gasteiger charge is -2.14. The van der Waals surface area contributed by atoms with Gasteiger partial charge in [0.2, 0.25) is 0 Å². The molecule has 3 aromatic rings. The van der Waals surface area contributed by atoms with Crippen molar-refractivity contribution in [3.63, 3.8) is 0 Å². The SMILES string of the molecule is CCOc1ccc(N2C(=O)c3ccc(C(=O)OCC(=O)c4cccc(OC)c4)cc3C2=O)cc1. The van der Waals surface area contributed by atoms with E-state index in [2.05, 4.69) is 0 Å². The van der Waals surface area contributed by atoms with Gasteiger partial charge in [-0.05, 0) is 61.5 Å². The zero-order chi connectivity index (χ0) is 24.2. The van der Waals surface area contributed by atoms with Crippen LogP contribution in [0.4, 0.5) is 5.69 Å². The summed E-state index contributed by atoms with van der Waals surface area (Å²) < 4.78 is 15.6. The number of carbonyl (C=O) groups is 4. The average molecular weight is 459 g/mol. The molecule has 8 heteroatoms. The van der Waals surface area contributed by atoms with Crippen LogP contribution in [0.1, 0.15) is 48.4 Å². The number of imide groups is 1. The van der Waals surface area contributed by atoms with Crippen molar-refractivity contribution in [2.75, 3.05) is 25.2 Å². The molecule has 1 aliphatic heterocycles. The Kier molecular flexibility index (Phi) is 6.40. The first-order chi connectivity index (χ1) is 16.4. The van der Waals surface area contributed by atoms with E-state index in [0.29, 0.717) is 29.4 Å². The zero-order valence-corrected chi connectivity index (χ0v) is 18.6. The van der Waals surface area contributed by atoms with Crippen LogP contribution in [-0.2, 0) is 4.74 Å². The molecule has 0 saturated carbocycles. The number of anilines is 1. The van der Waals surface area contributed by atoms with Crippen LogP contribution in [-0.4, -0.2) is 43.9 Å². The van der Waals surface area contributed by atoms with Crippen molar-refractivity contribution < 1.29 is 33.4 Å². The van der Waals surface area contributed by atoms with Crippen LogP contribution >= 0.6 is 0 Å². The van der Waals surface area contributed by atoms with E-state index in [1.165, 1.54) is 25.3 Å². The van der Waals surface area contributed by atoms with E-state index in [1.807, 2.05) is 6.92 Å². The van der Waals surface area contributed by atoms with Crippen LogP contribution < -0.4 is 14.4 Å². The van der Waals surface area contributed by atoms with E-state index in [0.717, 1.165) is 4.90 Å². The van der Waals surface area contributed by atoms with Gasteiger partial charge in [-0.15, -0.1) is 0 Å². The van der Waals surface area contributed by atoms with Crippen molar-refractivity contribution in [1.29, 1.82) is 0 Å². The highest BCUT2D eigenvalue weighted by atomic mass is 16.5. The molecule has 3 aromatic carbocycles. The van der Waals surface area contributed by atoms with Gasteiger partial charge in [0.15, 0.2) is 12.4 Å². The van der Waals surface area contributed by atoms with Crippen molar-refractivity contribution in [3.8, 4) is 11.5 Å². The Morgan fingerprint density at radius 2 is 1.56 bits per heavy atom. The summed E-state index contributed by atoms with van der Waals surface area (Å²) in [5, 5.41) is 0. The lowest BCUT2D eigenvalue weighted by molar-refractivity contribution is 0.0474. The van der Waals surface area contributed by atoms with Crippen LogP contribution in [0.15, 0.2) is 66.7 Å². The monoisotopic (exact) mass is 459 g/mol. The zero-order valence-electron chi connectivity index (χ0n) is 18.6. The first-order valence-corrected chi connectivity index (χ1v) is 10.5. The van der Waals surface area contributed by atoms with Crippen LogP contribution in [0, 0.1) is 0 Å². The number of ketones is 1. The number of esters is 1. The maximum absolute atomic E-state index is 13.0. The van der Waals surface area contributed by atoms with Gasteiger partial charge in [-0.25, -0.2) is 9.69 Å². The summed E-state index contributed by atoms with van der Waals surface area (Å²) in [5.41, 5.74) is 1.07. The maximum Gasteiger partial charge on any atom is 0.338 e. The van der Waals surface area contributed by atoms with Gasteiger partial charge in [0.05, 0.1) is 36.1 Å². The number of benzene rings is 3. The van der Waals surface area contributed by atoms with Gasteiger partial charge >= 0.3 is 5.97 Å². The predicted octanol–water partition coefficient (Wildman–Crippen LogP) is 3.93. The first-order valence-electron chi connectivity index (χ1n) is 10.5. The topological polar surface area (TPSA) is 99.2 Å². The molecule has 0 atom stereocenters. The van der Waals surface area contributed by atoms with Crippen LogP contribution in [0.3, 0.4) is 0 Å². The van der Waals surface area contributed by atoms with E-state index in [-0.39, 0.29) is 16.7 Å². The fourth-order valence-corrected chi connectivity index (χ4v) is 3.55. The van der Waals surface area contributed by atoms with Crippen molar-refractivity contribution in [3.05, 3.63) is 89.0 Å². The third-order valence-electron chi connectivity index (χ3n) is 5.25. The van der Waals surface area contributed by atoms with Crippen molar-refractivity contribution >= 4 is 29.3 Å². The van der Waals surface area contributed by atoms with E-state index >= 15 is 0 Å². The standard InChI is InChI=1S/C26H21NO7/c1-3-33-19-10-8-18(9-11-19)27-24(29)21-12-7-17(14-22(21)25(27)30)26(31)34-15-23(28)16-5-4-6-20(13-16)32-2/h4-14H,3,15H2,1-2H3. The Bertz CT molecular complexity index is 1280. The van der Waals surface area contributed by atoms with Gasteiger partial charge in [-0.1, -0.05) is 12.1 Å². The molecule has 2 amide bonds. The summed E-state index contributed by atoms with van der Waals surface area (Å²) in [4.78, 5) is 51.7.